The molecule has 0 amide bonds. The summed E-state index contributed by atoms with van der Waals surface area (Å²) in [6.07, 6.45) is -9.14. The molecule has 4 aliphatic heterocycles. The van der Waals surface area contributed by atoms with Crippen molar-refractivity contribution < 1.29 is 90.2 Å². The van der Waals surface area contributed by atoms with E-state index in [1.807, 2.05) is 0 Å². The Balaban J connectivity index is 0.856. The Kier molecular flexibility index (Phi) is 15.8. The molecule has 6 unspecified atom stereocenters. The van der Waals surface area contributed by atoms with Gasteiger partial charge in [0.25, 0.3) is 0 Å². The van der Waals surface area contributed by atoms with Gasteiger partial charge in [0.15, 0.2) is 53.1 Å². The van der Waals surface area contributed by atoms with Crippen LogP contribution in [-0.2, 0) is 72.0 Å². The minimum atomic E-state index is -5.31. The Morgan fingerprint density at radius 1 is 0.731 bits per heavy atom. The van der Waals surface area contributed by atoms with Crippen molar-refractivity contribution in [2.75, 3.05) is 49.6 Å². The van der Waals surface area contributed by atoms with Crippen molar-refractivity contribution in [1.29, 1.82) is 0 Å². The van der Waals surface area contributed by atoms with Gasteiger partial charge in [-0.1, -0.05) is 0 Å². The van der Waals surface area contributed by atoms with E-state index in [1.54, 1.807) is 20.8 Å². The van der Waals surface area contributed by atoms with E-state index in [4.69, 9.17) is 75.3 Å². The van der Waals surface area contributed by atoms with Crippen molar-refractivity contribution in [1.82, 2.24) is 58.6 Å². The molecule has 6 aromatic heterocycles. The quantitative estimate of drug-likeness (QED) is 0.0295. The zero-order chi connectivity index (χ0) is 55.7. The molecule has 0 saturated carbocycles. The summed E-state index contributed by atoms with van der Waals surface area (Å²) >= 11 is 5.71. The summed E-state index contributed by atoms with van der Waals surface area (Å²) in [6.45, 7) is -6.43. The van der Waals surface area contributed by atoms with Gasteiger partial charge in [0, 0.05) is 18.0 Å². The van der Waals surface area contributed by atoms with Gasteiger partial charge >= 0.3 is 27.3 Å². The molecule has 4 saturated heterocycles. The lowest BCUT2D eigenvalue weighted by Crippen LogP contribution is -2.51. The number of nitrogens with two attached hydrogens (primary N) is 3. The van der Waals surface area contributed by atoms with Gasteiger partial charge in [0.2, 0.25) is 0 Å². The number of ether oxygens (including phenoxy) is 5. The lowest BCUT2D eigenvalue weighted by molar-refractivity contribution is -0.165. The third-order valence-electron chi connectivity index (χ3n) is 12.9. The van der Waals surface area contributed by atoms with Gasteiger partial charge in [-0.05, 0) is 45.4 Å². The van der Waals surface area contributed by atoms with Crippen LogP contribution in [0.4, 0.5) is 17.5 Å². The summed E-state index contributed by atoms with van der Waals surface area (Å²) in [5.41, 5.74) is 16.4. The average molecular weight is 1190 g/mol. The first kappa shape index (κ1) is 56.6. The summed E-state index contributed by atoms with van der Waals surface area (Å²) in [7, 11) is -5.31. The number of hydrogen-bond acceptors (Lipinski definition) is 30. The fourth-order valence-corrected chi connectivity index (χ4v) is 13.2. The van der Waals surface area contributed by atoms with Crippen LogP contribution < -0.4 is 17.2 Å². The fraction of sp³-hybridized carbons (Fsp3) is 0.590. The predicted octanol–water partition coefficient (Wildman–Crippen LogP) is 0.0946. The monoisotopic (exact) mass is 1190 g/mol. The summed E-state index contributed by atoms with van der Waals surface area (Å²) in [5, 5.41) is 35.1. The molecule has 12 N–H and O–H groups in total. The third kappa shape index (κ3) is 11.2. The number of phosphoric acid groups is 1. The lowest BCUT2D eigenvalue weighted by atomic mass is 9.89. The molecule has 0 radical (unpaired) electrons. The van der Waals surface area contributed by atoms with Crippen LogP contribution in [0.15, 0.2) is 38.0 Å². The molecule has 39 heteroatoms. The van der Waals surface area contributed by atoms with Crippen LogP contribution in [-0.4, -0.2) is 181 Å². The predicted molar refractivity (Wildman–Crippen MR) is 269 cm³/mol. The van der Waals surface area contributed by atoms with E-state index in [2.05, 4.69) is 44.9 Å². The second kappa shape index (κ2) is 21.7. The van der Waals surface area contributed by atoms with E-state index in [9.17, 15) is 43.9 Å². The minimum absolute atomic E-state index is 0.0265. The number of fused-ring (bicyclic) bond motifs is 4. The first-order valence-corrected chi connectivity index (χ1v) is 30.7. The Bertz CT molecular complexity index is 3360. The Morgan fingerprint density at radius 3 is 1.73 bits per heavy atom. The van der Waals surface area contributed by atoms with Crippen molar-refractivity contribution in [3.05, 3.63) is 38.0 Å². The maximum atomic E-state index is 14.1. The molecule has 6 aromatic rings. The van der Waals surface area contributed by atoms with Crippen LogP contribution in [0.25, 0.3) is 33.5 Å². The first-order valence-electron chi connectivity index (χ1n) is 23.4. The third-order valence-corrected chi connectivity index (χ3v) is 18.1. The molecule has 424 valence electrons. The second-order valence-electron chi connectivity index (χ2n) is 19.2. The summed E-state index contributed by atoms with van der Waals surface area (Å²) in [5.74, 6) is -1.17. The van der Waals surface area contributed by atoms with E-state index in [0.29, 0.717) is 17.8 Å². The highest BCUT2D eigenvalue weighted by atomic mass is 32.7. The molecule has 34 nitrogen and oxygen atoms in total. The molecule has 78 heavy (non-hydrogen) atoms. The fourth-order valence-electron chi connectivity index (χ4n) is 9.13. The molecular weight excluding hydrogens is 1140 g/mol. The van der Waals surface area contributed by atoms with Gasteiger partial charge in [0.1, 0.15) is 95.9 Å². The average Bonchev–Trinajstić information content (AvgIpc) is 4.45. The molecule has 0 spiro atoms. The van der Waals surface area contributed by atoms with Crippen LogP contribution >= 0.6 is 32.7 Å². The molecule has 10 heterocycles. The van der Waals surface area contributed by atoms with E-state index in [0.717, 1.165) is 12.7 Å². The number of phosphoric ester groups is 1. The molecular formula is C39H52N15O19P3S2. The van der Waals surface area contributed by atoms with E-state index in [-0.39, 0.29) is 64.0 Å². The number of hydrogen-bond donors (Lipinski definition) is 9. The van der Waals surface area contributed by atoms with Crippen LogP contribution in [0.1, 0.15) is 52.3 Å². The highest BCUT2D eigenvalue weighted by Crippen LogP contribution is 2.58. The topological polar surface area (TPSA) is 474 Å². The van der Waals surface area contributed by atoms with Crippen LogP contribution in [0.2, 0.25) is 0 Å². The number of rotatable bonds is 19. The number of esters is 1. The maximum absolute atomic E-state index is 14.1. The number of aromatic nitrogens is 12. The Labute approximate surface area is 448 Å². The van der Waals surface area contributed by atoms with Crippen molar-refractivity contribution in [3.8, 4) is 0 Å². The van der Waals surface area contributed by atoms with E-state index in [1.165, 1.54) is 39.0 Å². The number of carbonyl (C=O) groups excluding carboxylic acids is 1. The van der Waals surface area contributed by atoms with Crippen molar-refractivity contribution in [2.24, 2.45) is 5.41 Å². The lowest BCUT2D eigenvalue weighted by Gasteiger charge is -2.38. The van der Waals surface area contributed by atoms with Gasteiger partial charge in [-0.2, -0.15) is 0 Å². The minimum Gasteiger partial charge on any atom is -0.454 e. The normalized spacial score (nSPS) is 30.9. The SMILES string of the molecule is CC(C)(C)C(=O)OCSP(=O)(O)OC[C@H]1O[C@@H](n2cnc3c(N)ncnc32)[C@@H](OP(O)(=S)OC[C@H]2O[C@@H](n3cnc4c(N)ncnc43)[C@@H](OP(=O)(O)OC[C@]34CCCOC3[C@H](O)[C@H](n3cnc5c(N)ncnc53)O4)C2O)C1O. The van der Waals surface area contributed by atoms with Crippen molar-refractivity contribution in [3.63, 3.8) is 0 Å². The summed E-state index contributed by atoms with van der Waals surface area (Å²) in [6, 6.07) is 0. The number of aliphatic hydroxyl groups is 3. The number of nitrogen functional groups attached to an aromatic ring is 3. The van der Waals surface area contributed by atoms with E-state index >= 15 is 0 Å². The van der Waals surface area contributed by atoms with Gasteiger partial charge in [-0.15, -0.1) is 0 Å². The highest BCUT2D eigenvalue weighted by molar-refractivity contribution is 8.54. The Hall–Kier alpha value is -4.62. The van der Waals surface area contributed by atoms with Crippen molar-refractivity contribution in [2.45, 2.75) is 107 Å². The number of carbonyl (C=O) groups is 1. The number of nitrogens with zero attached hydrogens (tertiary/aromatic N) is 12. The zero-order valence-corrected chi connectivity index (χ0v) is 45.3. The van der Waals surface area contributed by atoms with Crippen LogP contribution in [0.3, 0.4) is 0 Å². The highest BCUT2D eigenvalue weighted by Gasteiger charge is 2.59. The van der Waals surface area contributed by atoms with Gasteiger partial charge in [0.05, 0.1) is 44.2 Å². The molecule has 15 atom stereocenters. The molecule has 10 rings (SSSR count). The van der Waals surface area contributed by atoms with Crippen LogP contribution in [0, 0.1) is 5.41 Å². The molecule has 4 aliphatic rings. The standard InChI is InChI=1S/C39H52N15O19P3S2/c1-38(2,3)37(58)65-16-78-75(61,62)66-7-17-23(56)26(36(69-17)54-15-51-21-30(42)45-12-48-33(21)54)73-76(63,77)67-8-18-22(55)25(35(70-18)53-14-50-20-29(41)44-11-47-32(20)53)72-74(59,60)68-9-39-5-4-6-64-27(39)24(57)34(71-39)52-13-49-19-28(40)43-10-46-31(19)52/h10-15,17-18,22-27,34-36,55-57H,4-9,16H2,1-3H3,(H,59,60)(H,61,62)(H,63,77)(H2,40,43,46)(H2,41,44,47)(H2,42,45,48)/t17-,18-,22?,23?,24+,25+,26+,27?,34-,35-,36-,39-,76?/m1/s1. The number of anilines is 3. The maximum Gasteiger partial charge on any atom is 0.472 e. The molecule has 0 aliphatic carbocycles. The van der Waals surface area contributed by atoms with Gasteiger partial charge in [-0.25, -0.2) is 54.0 Å². The van der Waals surface area contributed by atoms with Crippen molar-refractivity contribution >= 4 is 101 Å². The number of imidazole rings is 3. The smallest absolute Gasteiger partial charge is 0.454 e. The second-order valence-corrected chi connectivity index (χ2v) is 27.2. The first-order chi connectivity index (χ1) is 36.9. The van der Waals surface area contributed by atoms with Crippen LogP contribution in [0.5, 0.6) is 0 Å². The zero-order valence-electron chi connectivity index (χ0n) is 41.0. The molecule has 0 aromatic carbocycles. The number of aliphatic hydroxyl groups excluding tert-OH is 3. The molecule has 0 bridgehead atoms. The summed E-state index contributed by atoms with van der Waals surface area (Å²) in [4.78, 5) is 83.0. The summed E-state index contributed by atoms with van der Waals surface area (Å²) < 4.78 is 89.0. The van der Waals surface area contributed by atoms with Gasteiger partial charge < -0.3 is 75.4 Å². The largest absolute Gasteiger partial charge is 0.472 e. The van der Waals surface area contributed by atoms with E-state index < -0.39 is 132 Å². The van der Waals surface area contributed by atoms with Gasteiger partial charge in [-0.3, -0.25) is 36.6 Å². The Morgan fingerprint density at radius 2 is 1.22 bits per heavy atom. The molecule has 4 fully saturated rings.